The smallest absolute Gasteiger partial charge is 0.147 e. The van der Waals surface area contributed by atoms with Gasteiger partial charge in [-0.05, 0) is 37.6 Å². The van der Waals surface area contributed by atoms with Crippen molar-refractivity contribution in [2.24, 2.45) is 0 Å². The second kappa shape index (κ2) is 4.82. The van der Waals surface area contributed by atoms with E-state index in [0.29, 0.717) is 5.69 Å². The minimum absolute atomic E-state index is 0.240. The molecular weight excluding hydrogens is 297 g/mol. The zero-order valence-electron chi connectivity index (χ0n) is 9.74. The number of nitrogens with zero attached hydrogens (tertiary/aromatic N) is 2. The van der Waals surface area contributed by atoms with Crippen molar-refractivity contribution in [2.45, 2.75) is 18.9 Å². The second-order valence-electron chi connectivity index (χ2n) is 4.43. The quantitative estimate of drug-likeness (QED) is 0.923. The van der Waals surface area contributed by atoms with E-state index in [2.05, 4.69) is 26.2 Å². The van der Waals surface area contributed by atoms with E-state index >= 15 is 0 Å². The van der Waals surface area contributed by atoms with Gasteiger partial charge in [0.05, 0.1) is 23.9 Å². The fraction of sp³-hybridized carbons (Fsp3) is 0.308. The van der Waals surface area contributed by atoms with Crippen LogP contribution < -0.4 is 5.32 Å². The van der Waals surface area contributed by atoms with Gasteiger partial charge in [-0.25, -0.2) is 9.37 Å². The molecule has 0 unspecified atom stereocenters. The number of hydrogen-bond acceptors (Lipinski definition) is 2. The van der Waals surface area contributed by atoms with Crippen molar-refractivity contribution in [3.63, 3.8) is 0 Å². The normalized spacial score (nSPS) is 19.3. The zero-order chi connectivity index (χ0) is 12.5. The Morgan fingerprint density at radius 2 is 2.33 bits per heavy atom. The highest BCUT2D eigenvalue weighted by atomic mass is 79.9. The first-order valence-electron chi connectivity index (χ1n) is 5.97. The van der Waals surface area contributed by atoms with Gasteiger partial charge in [-0.15, -0.1) is 0 Å². The Bertz CT molecular complexity index is 561. The largest absolute Gasteiger partial charge is 0.309 e. The van der Waals surface area contributed by atoms with Crippen LogP contribution >= 0.6 is 15.9 Å². The van der Waals surface area contributed by atoms with Crippen LogP contribution in [0.15, 0.2) is 35.2 Å². The molecule has 94 valence electrons. The molecule has 1 saturated heterocycles. The minimum atomic E-state index is -0.240. The topological polar surface area (TPSA) is 29.9 Å². The summed E-state index contributed by atoms with van der Waals surface area (Å²) < 4.78 is 16.6. The van der Waals surface area contributed by atoms with Crippen LogP contribution in [0.1, 0.15) is 24.6 Å². The van der Waals surface area contributed by atoms with Crippen molar-refractivity contribution in [3.05, 3.63) is 46.7 Å². The number of aromatic nitrogens is 2. The van der Waals surface area contributed by atoms with E-state index < -0.39 is 0 Å². The van der Waals surface area contributed by atoms with Gasteiger partial charge in [-0.1, -0.05) is 15.9 Å². The Kier molecular flexibility index (Phi) is 3.18. The average molecular weight is 310 g/mol. The Morgan fingerprint density at radius 3 is 3.11 bits per heavy atom. The fourth-order valence-electron chi connectivity index (χ4n) is 2.37. The van der Waals surface area contributed by atoms with Gasteiger partial charge in [-0.2, -0.15) is 0 Å². The van der Waals surface area contributed by atoms with E-state index in [4.69, 9.17) is 0 Å². The maximum absolute atomic E-state index is 13.9. The first-order valence-corrected chi connectivity index (χ1v) is 6.76. The molecule has 1 aliphatic rings. The molecule has 5 heteroatoms. The summed E-state index contributed by atoms with van der Waals surface area (Å²) in [6.45, 7) is 1.01. The molecule has 3 nitrogen and oxygen atoms in total. The van der Waals surface area contributed by atoms with Gasteiger partial charge in [0.25, 0.3) is 0 Å². The summed E-state index contributed by atoms with van der Waals surface area (Å²) in [5, 5.41) is 3.41. The van der Waals surface area contributed by atoms with Gasteiger partial charge in [0.15, 0.2) is 0 Å². The third-order valence-electron chi connectivity index (χ3n) is 3.25. The Morgan fingerprint density at radius 1 is 1.44 bits per heavy atom. The fourth-order valence-corrected chi connectivity index (χ4v) is 2.72. The number of rotatable bonds is 2. The maximum atomic E-state index is 13.9. The highest BCUT2D eigenvalue weighted by Gasteiger charge is 2.21. The molecule has 1 atom stereocenters. The van der Waals surface area contributed by atoms with Gasteiger partial charge < -0.3 is 5.32 Å². The molecule has 0 radical (unpaired) electrons. The molecule has 0 amide bonds. The summed E-state index contributed by atoms with van der Waals surface area (Å²) in [5.41, 5.74) is 1.55. The van der Waals surface area contributed by atoms with Gasteiger partial charge in [0.2, 0.25) is 0 Å². The predicted molar refractivity (Wildman–Crippen MR) is 71.2 cm³/mol. The van der Waals surface area contributed by atoms with Crippen molar-refractivity contribution < 1.29 is 4.39 Å². The molecule has 1 fully saturated rings. The molecule has 3 rings (SSSR count). The molecule has 0 aliphatic carbocycles. The van der Waals surface area contributed by atoms with Crippen LogP contribution in [0, 0.1) is 5.82 Å². The van der Waals surface area contributed by atoms with E-state index in [1.54, 1.807) is 18.5 Å². The lowest BCUT2D eigenvalue weighted by Crippen LogP contribution is -2.16. The molecule has 0 bridgehead atoms. The maximum Gasteiger partial charge on any atom is 0.147 e. The van der Waals surface area contributed by atoms with E-state index in [1.807, 2.05) is 10.8 Å². The monoisotopic (exact) mass is 309 g/mol. The van der Waals surface area contributed by atoms with E-state index in [0.717, 1.165) is 29.6 Å². The van der Waals surface area contributed by atoms with Gasteiger partial charge in [0.1, 0.15) is 5.82 Å². The lowest BCUT2D eigenvalue weighted by atomic mass is 10.1. The lowest BCUT2D eigenvalue weighted by molar-refractivity contribution is 0.590. The summed E-state index contributed by atoms with van der Waals surface area (Å²) in [4.78, 5) is 4.15. The molecule has 2 aromatic rings. The number of imidazole rings is 1. The van der Waals surface area contributed by atoms with Crippen molar-refractivity contribution in [1.29, 1.82) is 0 Å². The van der Waals surface area contributed by atoms with Crippen LogP contribution in [-0.2, 0) is 0 Å². The number of hydrogen-bond donors (Lipinski definition) is 1. The lowest BCUT2D eigenvalue weighted by Gasteiger charge is -2.14. The predicted octanol–water partition coefficient (Wildman–Crippen LogP) is 3.20. The minimum Gasteiger partial charge on any atom is -0.309 e. The molecule has 0 saturated carbocycles. The van der Waals surface area contributed by atoms with Crippen molar-refractivity contribution in [3.8, 4) is 5.69 Å². The van der Waals surface area contributed by atoms with Crippen LogP contribution in [0.25, 0.3) is 5.69 Å². The summed E-state index contributed by atoms with van der Waals surface area (Å²) >= 11 is 3.37. The number of nitrogens with one attached hydrogen (secondary N) is 1. The zero-order valence-corrected chi connectivity index (χ0v) is 11.3. The van der Waals surface area contributed by atoms with Crippen LogP contribution in [0.3, 0.4) is 0 Å². The molecule has 1 aromatic carbocycles. The average Bonchev–Trinajstić information content (AvgIpc) is 3.00. The molecule has 1 aromatic heterocycles. The number of benzene rings is 1. The van der Waals surface area contributed by atoms with Crippen molar-refractivity contribution in [1.82, 2.24) is 14.9 Å². The third kappa shape index (κ3) is 2.08. The SMILES string of the molecule is Fc1ccc(Br)cc1-n1cncc1[C@@H]1CCCN1. The van der Waals surface area contributed by atoms with Gasteiger partial charge in [-0.3, -0.25) is 4.57 Å². The molecule has 1 N–H and O–H groups in total. The van der Waals surface area contributed by atoms with Crippen LogP contribution in [0.2, 0.25) is 0 Å². The van der Waals surface area contributed by atoms with Gasteiger partial charge in [0, 0.05) is 10.5 Å². The first-order chi connectivity index (χ1) is 8.75. The molecule has 2 heterocycles. The van der Waals surface area contributed by atoms with Crippen molar-refractivity contribution in [2.75, 3.05) is 6.54 Å². The van der Waals surface area contributed by atoms with E-state index in [1.165, 1.54) is 6.07 Å². The molecular formula is C13H13BrFN3. The highest BCUT2D eigenvalue weighted by Crippen LogP contribution is 2.27. The van der Waals surface area contributed by atoms with Crippen molar-refractivity contribution >= 4 is 15.9 Å². The Hall–Kier alpha value is -1.20. The summed E-state index contributed by atoms with van der Waals surface area (Å²) in [7, 11) is 0. The van der Waals surface area contributed by atoms with Crippen LogP contribution in [0.5, 0.6) is 0 Å². The van der Waals surface area contributed by atoms with E-state index in [-0.39, 0.29) is 11.9 Å². The highest BCUT2D eigenvalue weighted by molar-refractivity contribution is 9.10. The van der Waals surface area contributed by atoms with E-state index in [9.17, 15) is 4.39 Å². The van der Waals surface area contributed by atoms with Crippen LogP contribution in [0.4, 0.5) is 4.39 Å². The third-order valence-corrected chi connectivity index (χ3v) is 3.75. The first kappa shape index (κ1) is 11.9. The molecule has 18 heavy (non-hydrogen) atoms. The summed E-state index contributed by atoms with van der Waals surface area (Å²) in [6, 6.07) is 5.20. The van der Waals surface area contributed by atoms with Crippen LogP contribution in [-0.4, -0.2) is 16.1 Å². The molecule has 1 aliphatic heterocycles. The summed E-state index contributed by atoms with van der Waals surface area (Å²) in [5.74, 6) is -0.240. The molecule has 0 spiro atoms. The standard InChI is InChI=1S/C13H13BrFN3/c14-9-3-4-10(15)12(6-9)18-8-16-7-13(18)11-2-1-5-17-11/h3-4,6-8,11,17H,1-2,5H2/t11-/m0/s1. The summed E-state index contributed by atoms with van der Waals surface area (Å²) in [6.07, 6.45) is 5.70. The van der Waals surface area contributed by atoms with Gasteiger partial charge >= 0.3 is 0 Å². The second-order valence-corrected chi connectivity index (χ2v) is 5.35. The Balaban J connectivity index is 2.06. The number of halogens is 2. The Labute approximate surface area is 113 Å².